The summed E-state index contributed by atoms with van der Waals surface area (Å²) in [5.41, 5.74) is 3.37. The van der Waals surface area contributed by atoms with Gasteiger partial charge in [-0.15, -0.1) is 5.10 Å². The molecule has 1 fully saturated rings. The molecule has 1 aliphatic heterocycles. The molecule has 21 heavy (non-hydrogen) atoms. The zero-order chi connectivity index (χ0) is 14.8. The van der Waals surface area contributed by atoms with Crippen molar-refractivity contribution in [1.82, 2.24) is 20.0 Å². The predicted octanol–water partition coefficient (Wildman–Crippen LogP) is 2.37. The summed E-state index contributed by atoms with van der Waals surface area (Å²) in [7, 11) is 0. The Hall–Kier alpha value is -1.89. The molecule has 114 valence electrons. The van der Waals surface area contributed by atoms with E-state index in [0.29, 0.717) is 18.5 Å². The normalized spacial score (nSPS) is 18.3. The lowest BCUT2D eigenvalue weighted by Crippen LogP contribution is -2.03. The Bertz CT molecular complexity index is 613. The van der Waals surface area contributed by atoms with Gasteiger partial charge in [0.25, 0.3) is 0 Å². The first-order valence-corrected chi connectivity index (χ1v) is 7.40. The Morgan fingerprint density at radius 3 is 2.86 bits per heavy atom. The van der Waals surface area contributed by atoms with Gasteiger partial charge in [0.05, 0.1) is 5.69 Å². The van der Waals surface area contributed by atoms with E-state index in [1.54, 1.807) is 0 Å². The molecule has 1 saturated heterocycles. The molecule has 0 amide bonds. The van der Waals surface area contributed by atoms with E-state index < -0.39 is 0 Å². The Morgan fingerprint density at radius 2 is 2.19 bits per heavy atom. The lowest BCUT2D eigenvalue weighted by atomic mass is 10.2. The number of rotatable bonds is 5. The fourth-order valence-electron chi connectivity index (χ4n) is 2.67. The molecule has 1 aliphatic rings. The van der Waals surface area contributed by atoms with E-state index in [1.165, 1.54) is 11.3 Å². The molecule has 0 spiro atoms. The van der Waals surface area contributed by atoms with Crippen molar-refractivity contribution >= 4 is 6.01 Å². The van der Waals surface area contributed by atoms with Gasteiger partial charge in [-0.3, -0.25) is 4.68 Å². The Balaban J connectivity index is 1.66. The smallest absolute Gasteiger partial charge is 0.315 e. The Morgan fingerprint density at radius 1 is 1.33 bits per heavy atom. The van der Waals surface area contributed by atoms with E-state index in [2.05, 4.69) is 34.5 Å². The second-order valence-electron chi connectivity index (χ2n) is 5.27. The average molecular weight is 291 g/mol. The van der Waals surface area contributed by atoms with Crippen LogP contribution in [0.15, 0.2) is 4.42 Å². The van der Waals surface area contributed by atoms with Crippen LogP contribution >= 0.6 is 0 Å². The molecule has 2 aromatic heterocycles. The minimum absolute atomic E-state index is 0.0423. The van der Waals surface area contributed by atoms with E-state index in [1.807, 2.05) is 11.6 Å². The van der Waals surface area contributed by atoms with Crippen LogP contribution in [0.2, 0.25) is 0 Å². The van der Waals surface area contributed by atoms with Crippen LogP contribution in [0.3, 0.4) is 0 Å². The Labute approximate surface area is 123 Å². The standard InChI is InChI=1S/C14H21N5O2/c1-4-19-10(3)11(9(2)18-19)8-15-14-17-16-13(21-14)12-6-5-7-20-12/h12H,4-8H2,1-3H3,(H,15,17). The second kappa shape index (κ2) is 5.85. The minimum Gasteiger partial charge on any atom is -0.405 e. The molecule has 0 radical (unpaired) electrons. The predicted molar refractivity (Wildman–Crippen MR) is 76.9 cm³/mol. The molecule has 1 unspecified atom stereocenters. The zero-order valence-electron chi connectivity index (χ0n) is 12.7. The first kappa shape index (κ1) is 14.1. The van der Waals surface area contributed by atoms with Gasteiger partial charge in [0.1, 0.15) is 6.10 Å². The van der Waals surface area contributed by atoms with E-state index in [-0.39, 0.29) is 6.10 Å². The second-order valence-corrected chi connectivity index (χ2v) is 5.27. The molecule has 3 rings (SSSR count). The van der Waals surface area contributed by atoms with Gasteiger partial charge in [0.15, 0.2) is 0 Å². The molecule has 3 heterocycles. The van der Waals surface area contributed by atoms with Gasteiger partial charge in [0, 0.05) is 31.0 Å². The first-order valence-electron chi connectivity index (χ1n) is 7.40. The van der Waals surface area contributed by atoms with E-state index in [0.717, 1.165) is 31.7 Å². The van der Waals surface area contributed by atoms with Crippen molar-refractivity contribution < 1.29 is 9.15 Å². The first-order chi connectivity index (χ1) is 10.2. The van der Waals surface area contributed by atoms with Crippen LogP contribution in [0.25, 0.3) is 0 Å². The van der Waals surface area contributed by atoms with Crippen molar-refractivity contribution in [2.24, 2.45) is 0 Å². The fraction of sp³-hybridized carbons (Fsp3) is 0.643. The van der Waals surface area contributed by atoms with Crippen LogP contribution in [0, 0.1) is 13.8 Å². The highest BCUT2D eigenvalue weighted by Gasteiger charge is 2.23. The summed E-state index contributed by atoms with van der Waals surface area (Å²) in [6.07, 6.45) is 1.95. The maximum absolute atomic E-state index is 5.62. The summed E-state index contributed by atoms with van der Waals surface area (Å²) in [5.74, 6) is 0.563. The van der Waals surface area contributed by atoms with Gasteiger partial charge in [-0.05, 0) is 33.6 Å². The topological polar surface area (TPSA) is 78.0 Å². The number of hydrogen-bond acceptors (Lipinski definition) is 6. The quantitative estimate of drug-likeness (QED) is 0.911. The van der Waals surface area contributed by atoms with Gasteiger partial charge in [-0.25, -0.2) is 0 Å². The van der Waals surface area contributed by atoms with Crippen molar-refractivity contribution in [1.29, 1.82) is 0 Å². The average Bonchev–Trinajstić information content (AvgIpc) is 3.18. The maximum Gasteiger partial charge on any atom is 0.315 e. The van der Waals surface area contributed by atoms with Gasteiger partial charge in [-0.1, -0.05) is 5.10 Å². The number of anilines is 1. The molecule has 0 bridgehead atoms. The van der Waals surface area contributed by atoms with Crippen molar-refractivity contribution in [3.8, 4) is 0 Å². The number of hydrogen-bond donors (Lipinski definition) is 1. The molecule has 7 heteroatoms. The molecule has 0 aromatic carbocycles. The highest BCUT2D eigenvalue weighted by molar-refractivity contribution is 5.29. The van der Waals surface area contributed by atoms with Crippen LogP contribution in [0.1, 0.15) is 48.7 Å². The van der Waals surface area contributed by atoms with Crippen LogP contribution in [0.4, 0.5) is 6.01 Å². The highest BCUT2D eigenvalue weighted by atomic mass is 16.5. The van der Waals surface area contributed by atoms with Gasteiger partial charge >= 0.3 is 6.01 Å². The summed E-state index contributed by atoms with van der Waals surface area (Å²) in [5, 5.41) is 15.8. The molecular weight excluding hydrogens is 270 g/mol. The molecule has 1 atom stereocenters. The monoisotopic (exact) mass is 291 g/mol. The van der Waals surface area contributed by atoms with Crippen LogP contribution < -0.4 is 5.32 Å². The van der Waals surface area contributed by atoms with Gasteiger partial charge in [-0.2, -0.15) is 5.10 Å². The molecule has 1 N–H and O–H groups in total. The fourth-order valence-corrected chi connectivity index (χ4v) is 2.67. The number of aromatic nitrogens is 4. The van der Waals surface area contributed by atoms with Crippen LogP contribution in [-0.2, 0) is 17.8 Å². The van der Waals surface area contributed by atoms with Crippen molar-refractivity contribution in [3.05, 3.63) is 22.8 Å². The summed E-state index contributed by atoms with van der Waals surface area (Å²) in [6, 6.07) is 0.434. The highest BCUT2D eigenvalue weighted by Crippen LogP contribution is 2.28. The third-order valence-electron chi connectivity index (χ3n) is 3.89. The summed E-state index contributed by atoms with van der Waals surface area (Å²) < 4.78 is 13.1. The summed E-state index contributed by atoms with van der Waals surface area (Å²) in [6.45, 7) is 8.45. The summed E-state index contributed by atoms with van der Waals surface area (Å²) in [4.78, 5) is 0. The van der Waals surface area contributed by atoms with E-state index in [4.69, 9.17) is 9.15 Å². The largest absolute Gasteiger partial charge is 0.405 e. The van der Waals surface area contributed by atoms with Crippen LogP contribution in [-0.4, -0.2) is 26.6 Å². The van der Waals surface area contributed by atoms with Gasteiger partial charge in [0.2, 0.25) is 5.89 Å². The lowest BCUT2D eigenvalue weighted by Gasteiger charge is -2.04. The minimum atomic E-state index is -0.0423. The Kier molecular flexibility index (Phi) is 3.92. The van der Waals surface area contributed by atoms with E-state index >= 15 is 0 Å². The zero-order valence-corrected chi connectivity index (χ0v) is 12.7. The number of nitrogens with zero attached hydrogens (tertiary/aromatic N) is 4. The molecule has 0 saturated carbocycles. The number of aryl methyl sites for hydroxylation is 2. The SMILES string of the molecule is CCn1nc(C)c(CNc2nnc(C3CCCO3)o2)c1C. The lowest BCUT2D eigenvalue weighted by molar-refractivity contribution is 0.0897. The third-order valence-corrected chi connectivity index (χ3v) is 3.89. The maximum atomic E-state index is 5.62. The number of ether oxygens (including phenoxy) is 1. The van der Waals surface area contributed by atoms with Crippen molar-refractivity contribution in [3.63, 3.8) is 0 Å². The third kappa shape index (κ3) is 2.78. The van der Waals surface area contributed by atoms with Crippen molar-refractivity contribution in [2.75, 3.05) is 11.9 Å². The molecular formula is C14H21N5O2. The van der Waals surface area contributed by atoms with E-state index in [9.17, 15) is 0 Å². The molecule has 2 aromatic rings. The molecule has 7 nitrogen and oxygen atoms in total. The summed E-state index contributed by atoms with van der Waals surface area (Å²) >= 11 is 0. The van der Waals surface area contributed by atoms with Crippen LogP contribution in [0.5, 0.6) is 0 Å². The van der Waals surface area contributed by atoms with Crippen molar-refractivity contribution in [2.45, 2.75) is 52.8 Å². The van der Waals surface area contributed by atoms with Gasteiger partial charge < -0.3 is 14.5 Å². The molecule has 0 aliphatic carbocycles. The number of nitrogens with one attached hydrogen (secondary N) is 1.